The van der Waals surface area contributed by atoms with Crippen molar-refractivity contribution in [3.8, 4) is 0 Å². The van der Waals surface area contributed by atoms with E-state index in [1.54, 1.807) is 0 Å². The van der Waals surface area contributed by atoms with Crippen LogP contribution in [-0.4, -0.2) is 16.9 Å². The summed E-state index contributed by atoms with van der Waals surface area (Å²) in [6.07, 6.45) is 3.60. The highest BCUT2D eigenvalue weighted by molar-refractivity contribution is 7.09. The summed E-state index contributed by atoms with van der Waals surface area (Å²) < 4.78 is 0. The van der Waals surface area contributed by atoms with Gasteiger partial charge in [0.25, 0.3) is 5.91 Å². The van der Waals surface area contributed by atoms with E-state index >= 15 is 0 Å². The number of rotatable bonds is 3. The number of aromatic nitrogens is 1. The second-order valence-corrected chi connectivity index (χ2v) is 8.39. The van der Waals surface area contributed by atoms with E-state index in [1.165, 1.54) is 24.2 Å². The van der Waals surface area contributed by atoms with E-state index in [2.05, 4.69) is 31.1 Å². The highest BCUT2D eigenvalue weighted by atomic mass is 32.1. The van der Waals surface area contributed by atoms with Crippen molar-refractivity contribution in [2.75, 3.05) is 0 Å². The van der Waals surface area contributed by atoms with Gasteiger partial charge >= 0.3 is 0 Å². The third-order valence-electron chi connectivity index (χ3n) is 6.24. The van der Waals surface area contributed by atoms with Gasteiger partial charge in [-0.2, -0.15) is 0 Å². The van der Waals surface area contributed by atoms with E-state index < -0.39 is 0 Å². The van der Waals surface area contributed by atoms with Crippen molar-refractivity contribution in [2.24, 2.45) is 22.5 Å². The Bertz CT molecular complexity index is 566. The molecule has 116 valence electrons. The van der Waals surface area contributed by atoms with Gasteiger partial charge < -0.3 is 11.1 Å². The van der Waals surface area contributed by atoms with Crippen LogP contribution >= 0.6 is 11.3 Å². The normalized spacial score (nSPS) is 34.9. The maximum Gasteiger partial charge on any atom is 0.270 e. The predicted octanol–water partition coefficient (Wildman–Crippen LogP) is 3.11. The molecule has 2 fully saturated rings. The van der Waals surface area contributed by atoms with Gasteiger partial charge in [0.15, 0.2) is 0 Å². The average molecular weight is 307 g/mol. The van der Waals surface area contributed by atoms with E-state index in [0.29, 0.717) is 11.1 Å². The third kappa shape index (κ3) is 2.13. The molecule has 4 unspecified atom stereocenters. The minimum absolute atomic E-state index is 0.0484. The van der Waals surface area contributed by atoms with Gasteiger partial charge in [0.05, 0.1) is 6.04 Å². The van der Waals surface area contributed by atoms with Crippen molar-refractivity contribution in [2.45, 2.75) is 59.0 Å². The molecule has 3 N–H and O–H groups in total. The zero-order valence-corrected chi connectivity index (χ0v) is 14.1. The van der Waals surface area contributed by atoms with Gasteiger partial charge in [-0.05, 0) is 42.9 Å². The van der Waals surface area contributed by atoms with Crippen LogP contribution in [-0.2, 0) is 0 Å². The fourth-order valence-electron chi connectivity index (χ4n) is 4.26. The topological polar surface area (TPSA) is 68.0 Å². The van der Waals surface area contributed by atoms with Crippen LogP contribution in [0.3, 0.4) is 0 Å². The van der Waals surface area contributed by atoms with E-state index in [4.69, 9.17) is 5.73 Å². The summed E-state index contributed by atoms with van der Waals surface area (Å²) in [5.74, 6) is 0.676. The fraction of sp³-hybridized carbons (Fsp3) is 0.750. The molecule has 1 heterocycles. The standard InChI is InChI=1S/C16H25N3OS/c1-9(17)14-18-11(8-21-14)13(20)19-12-7-10-5-6-16(12,4)15(10,2)3/h8-10,12H,5-7,17H2,1-4H3,(H,19,20). The van der Waals surface area contributed by atoms with Crippen LogP contribution < -0.4 is 11.1 Å². The van der Waals surface area contributed by atoms with Crippen LogP contribution in [0, 0.1) is 16.7 Å². The molecule has 3 rings (SSSR count). The van der Waals surface area contributed by atoms with Crippen molar-refractivity contribution >= 4 is 17.2 Å². The molecule has 4 atom stereocenters. The lowest BCUT2D eigenvalue weighted by molar-refractivity contribution is 0.0822. The molecule has 1 amide bonds. The largest absolute Gasteiger partial charge is 0.347 e. The Hall–Kier alpha value is -0.940. The number of amides is 1. The van der Waals surface area contributed by atoms with Gasteiger partial charge in [-0.1, -0.05) is 20.8 Å². The molecule has 0 saturated heterocycles. The molecule has 2 bridgehead atoms. The van der Waals surface area contributed by atoms with Gasteiger partial charge in [0.1, 0.15) is 10.7 Å². The smallest absolute Gasteiger partial charge is 0.270 e. The molecule has 1 aromatic heterocycles. The minimum Gasteiger partial charge on any atom is -0.347 e. The maximum atomic E-state index is 12.5. The van der Waals surface area contributed by atoms with Crippen molar-refractivity contribution in [3.05, 3.63) is 16.1 Å². The molecular weight excluding hydrogens is 282 g/mol. The molecule has 4 nitrogen and oxygen atoms in total. The van der Waals surface area contributed by atoms with Gasteiger partial charge in [0, 0.05) is 11.4 Å². The van der Waals surface area contributed by atoms with Crippen LogP contribution in [0.4, 0.5) is 0 Å². The Morgan fingerprint density at radius 1 is 1.52 bits per heavy atom. The van der Waals surface area contributed by atoms with Gasteiger partial charge in [-0.3, -0.25) is 4.79 Å². The Kier molecular flexibility index (Phi) is 3.41. The van der Waals surface area contributed by atoms with Crippen molar-refractivity contribution < 1.29 is 4.79 Å². The zero-order chi connectivity index (χ0) is 15.4. The summed E-state index contributed by atoms with van der Waals surface area (Å²) in [6, 6.07) is 0.148. The number of fused-ring (bicyclic) bond motifs is 2. The van der Waals surface area contributed by atoms with E-state index in [0.717, 1.165) is 17.3 Å². The van der Waals surface area contributed by atoms with Gasteiger partial charge in [-0.25, -0.2) is 4.98 Å². The molecule has 0 spiro atoms. The second kappa shape index (κ2) is 4.78. The van der Waals surface area contributed by atoms with Gasteiger partial charge in [0.2, 0.25) is 0 Å². The first kappa shape index (κ1) is 15.0. The monoisotopic (exact) mass is 307 g/mol. The fourth-order valence-corrected chi connectivity index (χ4v) is 5.01. The number of hydrogen-bond acceptors (Lipinski definition) is 4. The molecule has 2 saturated carbocycles. The highest BCUT2D eigenvalue weighted by Gasteiger charge is 2.61. The number of carbonyl (C=O) groups excluding carboxylic acids is 1. The molecule has 0 aromatic carbocycles. The Morgan fingerprint density at radius 3 is 2.71 bits per heavy atom. The highest BCUT2D eigenvalue weighted by Crippen LogP contribution is 2.65. The summed E-state index contributed by atoms with van der Waals surface area (Å²) >= 11 is 1.46. The van der Waals surface area contributed by atoms with Crippen LogP contribution in [0.15, 0.2) is 5.38 Å². The number of nitrogens with two attached hydrogens (primary N) is 1. The number of nitrogens with one attached hydrogen (secondary N) is 1. The minimum atomic E-state index is -0.115. The SMILES string of the molecule is CC(N)c1nc(C(=O)NC2CC3CCC2(C)C3(C)C)cs1. The van der Waals surface area contributed by atoms with E-state index in [9.17, 15) is 4.79 Å². The first-order chi connectivity index (χ1) is 9.75. The van der Waals surface area contributed by atoms with Crippen molar-refractivity contribution in [3.63, 3.8) is 0 Å². The molecule has 0 radical (unpaired) electrons. The van der Waals surface area contributed by atoms with Crippen LogP contribution in [0.25, 0.3) is 0 Å². The summed E-state index contributed by atoms with van der Waals surface area (Å²) in [6.45, 7) is 8.93. The molecule has 5 heteroatoms. The van der Waals surface area contributed by atoms with Gasteiger partial charge in [-0.15, -0.1) is 11.3 Å². The summed E-state index contributed by atoms with van der Waals surface area (Å²) in [4.78, 5) is 16.8. The first-order valence-corrected chi connectivity index (χ1v) is 8.65. The Labute approximate surface area is 130 Å². The number of nitrogens with zero attached hydrogens (tertiary/aromatic N) is 1. The summed E-state index contributed by atoms with van der Waals surface area (Å²) in [5.41, 5.74) is 6.83. The number of thiazole rings is 1. The molecule has 21 heavy (non-hydrogen) atoms. The Balaban J connectivity index is 1.74. The molecule has 1 aromatic rings. The lowest BCUT2D eigenvalue weighted by Crippen LogP contribution is -2.47. The quantitative estimate of drug-likeness (QED) is 0.901. The summed E-state index contributed by atoms with van der Waals surface area (Å²) in [7, 11) is 0. The lowest BCUT2D eigenvalue weighted by Gasteiger charge is -2.39. The Morgan fingerprint density at radius 2 is 2.24 bits per heavy atom. The van der Waals surface area contributed by atoms with E-state index in [-0.39, 0.29) is 23.4 Å². The van der Waals surface area contributed by atoms with E-state index in [1.807, 2.05) is 12.3 Å². The summed E-state index contributed by atoms with van der Waals surface area (Å²) in [5, 5.41) is 5.87. The third-order valence-corrected chi connectivity index (χ3v) is 7.29. The zero-order valence-electron chi connectivity index (χ0n) is 13.3. The number of hydrogen-bond donors (Lipinski definition) is 2. The van der Waals surface area contributed by atoms with Crippen LogP contribution in [0.5, 0.6) is 0 Å². The average Bonchev–Trinajstić information content (AvgIpc) is 3.02. The van der Waals surface area contributed by atoms with Crippen molar-refractivity contribution in [1.82, 2.24) is 10.3 Å². The van der Waals surface area contributed by atoms with Crippen LogP contribution in [0.2, 0.25) is 0 Å². The molecular formula is C16H25N3OS. The maximum absolute atomic E-state index is 12.5. The second-order valence-electron chi connectivity index (χ2n) is 7.50. The van der Waals surface area contributed by atoms with Crippen molar-refractivity contribution in [1.29, 1.82) is 0 Å². The number of carbonyl (C=O) groups is 1. The lowest BCUT2D eigenvalue weighted by atomic mass is 9.69. The molecule has 2 aliphatic rings. The molecule has 2 aliphatic carbocycles. The first-order valence-electron chi connectivity index (χ1n) is 7.77. The molecule has 0 aliphatic heterocycles. The van der Waals surface area contributed by atoms with Crippen LogP contribution in [0.1, 0.15) is 68.5 Å². The predicted molar refractivity (Wildman–Crippen MR) is 85.2 cm³/mol.